The van der Waals surface area contributed by atoms with Crippen LogP contribution in [-0.4, -0.2) is 34.1 Å². The van der Waals surface area contributed by atoms with Crippen molar-refractivity contribution in [3.8, 4) is 0 Å². The van der Waals surface area contributed by atoms with Crippen LogP contribution in [0.3, 0.4) is 0 Å². The van der Waals surface area contributed by atoms with Gasteiger partial charge in [0.05, 0.1) is 5.56 Å². The average Bonchev–Trinajstić information content (AvgIpc) is 2.86. The monoisotopic (exact) mass is 307 g/mol. The van der Waals surface area contributed by atoms with Crippen LogP contribution in [0, 0.1) is 0 Å². The van der Waals surface area contributed by atoms with Gasteiger partial charge in [0.1, 0.15) is 6.04 Å². The summed E-state index contributed by atoms with van der Waals surface area (Å²) in [7, 11) is 0. The molecule has 0 saturated heterocycles. The maximum atomic E-state index is 12.2. The molecular formula is C14H13NO5S. The van der Waals surface area contributed by atoms with Crippen LogP contribution in [-0.2, 0) is 9.59 Å². The largest absolute Gasteiger partial charge is 0.481 e. The number of nitrogens with one attached hydrogen (secondary N) is 1. The highest BCUT2D eigenvalue weighted by Crippen LogP contribution is 2.25. The SMILES string of the molecule is O=C(O)CCC(NC(=O)c1csc2ccccc12)C(=O)O. The summed E-state index contributed by atoms with van der Waals surface area (Å²) in [5.74, 6) is -2.86. The molecule has 1 aromatic carbocycles. The number of hydrogen-bond acceptors (Lipinski definition) is 4. The molecule has 1 unspecified atom stereocenters. The number of thiophene rings is 1. The third-order valence-corrected chi connectivity index (χ3v) is 3.94. The van der Waals surface area contributed by atoms with E-state index in [1.807, 2.05) is 12.1 Å². The van der Waals surface area contributed by atoms with Gasteiger partial charge in [-0.15, -0.1) is 11.3 Å². The van der Waals surface area contributed by atoms with Gasteiger partial charge in [-0.25, -0.2) is 4.79 Å². The van der Waals surface area contributed by atoms with Gasteiger partial charge in [-0.05, 0) is 12.5 Å². The zero-order valence-corrected chi connectivity index (χ0v) is 11.7. The van der Waals surface area contributed by atoms with E-state index >= 15 is 0 Å². The number of amides is 1. The molecule has 1 atom stereocenters. The number of carboxylic acids is 2. The molecule has 6 nitrogen and oxygen atoms in total. The molecule has 21 heavy (non-hydrogen) atoms. The average molecular weight is 307 g/mol. The number of hydrogen-bond donors (Lipinski definition) is 3. The van der Waals surface area contributed by atoms with E-state index in [1.54, 1.807) is 17.5 Å². The molecule has 1 heterocycles. The number of carbonyl (C=O) groups is 3. The Labute approximate surface area is 124 Å². The van der Waals surface area contributed by atoms with Crippen LogP contribution >= 0.6 is 11.3 Å². The van der Waals surface area contributed by atoms with Crippen LogP contribution < -0.4 is 5.32 Å². The van der Waals surface area contributed by atoms with E-state index < -0.39 is 23.9 Å². The lowest BCUT2D eigenvalue weighted by atomic mass is 10.1. The molecule has 0 spiro atoms. The Balaban J connectivity index is 2.15. The van der Waals surface area contributed by atoms with Gasteiger partial charge in [0.15, 0.2) is 0 Å². The highest BCUT2D eigenvalue weighted by molar-refractivity contribution is 7.17. The lowest BCUT2D eigenvalue weighted by molar-refractivity contribution is -0.140. The van der Waals surface area contributed by atoms with Crippen LogP contribution in [0.4, 0.5) is 0 Å². The summed E-state index contributed by atoms with van der Waals surface area (Å²) < 4.78 is 0.931. The molecule has 0 fully saturated rings. The molecule has 0 radical (unpaired) electrons. The van der Waals surface area contributed by atoms with E-state index in [1.165, 1.54) is 11.3 Å². The summed E-state index contributed by atoms with van der Waals surface area (Å²) in [4.78, 5) is 33.8. The summed E-state index contributed by atoms with van der Waals surface area (Å²) in [5, 5.41) is 22.4. The molecule has 110 valence electrons. The van der Waals surface area contributed by atoms with E-state index in [0.29, 0.717) is 5.56 Å². The summed E-state index contributed by atoms with van der Waals surface area (Å²) in [6.45, 7) is 0. The Morgan fingerprint density at radius 2 is 1.90 bits per heavy atom. The van der Waals surface area contributed by atoms with Gasteiger partial charge in [-0.2, -0.15) is 0 Å². The first-order valence-corrected chi connectivity index (χ1v) is 7.08. The molecule has 0 saturated carbocycles. The minimum absolute atomic E-state index is 0.154. The molecule has 7 heteroatoms. The van der Waals surface area contributed by atoms with E-state index in [4.69, 9.17) is 10.2 Å². The lowest BCUT2D eigenvalue weighted by Crippen LogP contribution is -2.41. The summed E-state index contributed by atoms with van der Waals surface area (Å²) in [6.07, 6.45) is -0.472. The van der Waals surface area contributed by atoms with Gasteiger partial charge in [0, 0.05) is 21.9 Å². The van der Waals surface area contributed by atoms with Crippen LogP contribution in [0.1, 0.15) is 23.2 Å². The second-order valence-corrected chi connectivity index (χ2v) is 5.35. The quantitative estimate of drug-likeness (QED) is 0.756. The number of fused-ring (bicyclic) bond motifs is 1. The van der Waals surface area contributed by atoms with Gasteiger partial charge in [-0.1, -0.05) is 18.2 Å². The predicted molar refractivity (Wildman–Crippen MR) is 77.6 cm³/mol. The van der Waals surface area contributed by atoms with Crippen LogP contribution in [0.5, 0.6) is 0 Å². The first-order chi connectivity index (χ1) is 9.99. The minimum Gasteiger partial charge on any atom is -0.481 e. The van der Waals surface area contributed by atoms with Gasteiger partial charge >= 0.3 is 11.9 Å². The third kappa shape index (κ3) is 3.57. The summed E-state index contributed by atoms with van der Waals surface area (Å²) in [6, 6.07) is 6.09. The normalized spacial score (nSPS) is 12.0. The summed E-state index contributed by atoms with van der Waals surface area (Å²) >= 11 is 1.39. The van der Waals surface area contributed by atoms with Gasteiger partial charge < -0.3 is 15.5 Å². The molecule has 0 bridgehead atoms. The second-order valence-electron chi connectivity index (χ2n) is 4.44. The van der Waals surface area contributed by atoms with E-state index in [2.05, 4.69) is 5.32 Å². The zero-order chi connectivity index (χ0) is 15.4. The molecule has 1 amide bonds. The van der Waals surface area contributed by atoms with Crippen molar-refractivity contribution in [3.05, 3.63) is 35.2 Å². The van der Waals surface area contributed by atoms with Crippen molar-refractivity contribution in [1.29, 1.82) is 0 Å². The molecule has 2 rings (SSSR count). The zero-order valence-electron chi connectivity index (χ0n) is 10.9. The van der Waals surface area contributed by atoms with Crippen molar-refractivity contribution in [1.82, 2.24) is 5.32 Å². The number of aliphatic carboxylic acids is 2. The van der Waals surface area contributed by atoms with Crippen molar-refractivity contribution in [2.75, 3.05) is 0 Å². The van der Waals surface area contributed by atoms with Crippen molar-refractivity contribution in [2.24, 2.45) is 0 Å². The van der Waals surface area contributed by atoms with Crippen molar-refractivity contribution in [3.63, 3.8) is 0 Å². The van der Waals surface area contributed by atoms with Crippen molar-refractivity contribution in [2.45, 2.75) is 18.9 Å². The number of rotatable bonds is 6. The first-order valence-electron chi connectivity index (χ1n) is 6.20. The van der Waals surface area contributed by atoms with Crippen LogP contribution in [0.2, 0.25) is 0 Å². The Hall–Kier alpha value is -2.41. The fourth-order valence-electron chi connectivity index (χ4n) is 1.91. The number of benzene rings is 1. The Kier molecular flexibility index (Phi) is 4.54. The van der Waals surface area contributed by atoms with E-state index in [-0.39, 0.29) is 12.8 Å². The predicted octanol–water partition coefficient (Wildman–Crippen LogP) is 1.95. The molecule has 0 aliphatic rings. The van der Waals surface area contributed by atoms with Gasteiger partial charge in [0.25, 0.3) is 5.91 Å². The molecule has 0 aliphatic carbocycles. The van der Waals surface area contributed by atoms with Crippen LogP contribution in [0.25, 0.3) is 10.1 Å². The molecular weight excluding hydrogens is 294 g/mol. The molecule has 3 N–H and O–H groups in total. The highest BCUT2D eigenvalue weighted by Gasteiger charge is 2.22. The molecule has 0 aliphatic heterocycles. The van der Waals surface area contributed by atoms with E-state index in [0.717, 1.165) is 10.1 Å². The summed E-state index contributed by atoms with van der Waals surface area (Å²) in [5.41, 5.74) is 0.400. The Morgan fingerprint density at radius 3 is 2.57 bits per heavy atom. The number of carboxylic acid groups (broad SMARTS) is 2. The topological polar surface area (TPSA) is 104 Å². The van der Waals surface area contributed by atoms with Gasteiger partial charge in [-0.3, -0.25) is 9.59 Å². The van der Waals surface area contributed by atoms with Gasteiger partial charge in [0.2, 0.25) is 0 Å². The van der Waals surface area contributed by atoms with Crippen molar-refractivity contribution < 1.29 is 24.6 Å². The fourth-order valence-corrected chi connectivity index (χ4v) is 2.86. The first kappa shape index (κ1) is 15.0. The number of carbonyl (C=O) groups excluding carboxylic acids is 1. The standard InChI is InChI=1S/C14H13NO5S/c16-12(17)6-5-10(14(19)20)15-13(18)9-7-21-11-4-2-1-3-8(9)11/h1-4,7,10H,5-6H2,(H,15,18)(H,16,17)(H,19,20). The van der Waals surface area contributed by atoms with E-state index in [9.17, 15) is 14.4 Å². The maximum absolute atomic E-state index is 12.2. The minimum atomic E-state index is -1.25. The maximum Gasteiger partial charge on any atom is 0.326 e. The highest BCUT2D eigenvalue weighted by atomic mass is 32.1. The Bertz CT molecular complexity index is 693. The third-order valence-electron chi connectivity index (χ3n) is 2.98. The lowest BCUT2D eigenvalue weighted by Gasteiger charge is -2.13. The second kappa shape index (κ2) is 6.36. The van der Waals surface area contributed by atoms with Crippen molar-refractivity contribution >= 4 is 39.3 Å². The molecule has 2 aromatic rings. The van der Waals surface area contributed by atoms with Crippen LogP contribution in [0.15, 0.2) is 29.6 Å². The molecule has 1 aromatic heterocycles. The smallest absolute Gasteiger partial charge is 0.326 e. The fraction of sp³-hybridized carbons (Fsp3) is 0.214. The Morgan fingerprint density at radius 1 is 1.19 bits per heavy atom.